The molecule has 1 aromatic carbocycles. The first-order chi connectivity index (χ1) is 8.29. The lowest BCUT2D eigenvalue weighted by atomic mass is 10.2. The summed E-state index contributed by atoms with van der Waals surface area (Å²) in [5.74, 6) is -0.246. The summed E-state index contributed by atoms with van der Waals surface area (Å²) >= 11 is 0. The van der Waals surface area contributed by atoms with E-state index < -0.39 is 0 Å². The Morgan fingerprint density at radius 1 is 1.29 bits per heavy atom. The zero-order valence-corrected chi connectivity index (χ0v) is 9.28. The summed E-state index contributed by atoms with van der Waals surface area (Å²) < 4.78 is 14.7. The molecule has 0 amide bonds. The summed E-state index contributed by atoms with van der Waals surface area (Å²) in [6, 6.07) is 6.29. The molecular weight excluding hydrogens is 219 g/mol. The molecule has 2 aromatic rings. The molecular formula is C12H13FN4. The van der Waals surface area contributed by atoms with E-state index in [1.165, 1.54) is 17.7 Å². The van der Waals surface area contributed by atoms with Crippen molar-refractivity contribution < 1.29 is 4.39 Å². The second-order valence-corrected chi connectivity index (χ2v) is 4.07. The Kier molecular flexibility index (Phi) is 2.42. The number of aromatic nitrogens is 2. The molecule has 1 aromatic heterocycles. The lowest BCUT2D eigenvalue weighted by Crippen LogP contribution is -2.12. The van der Waals surface area contributed by atoms with Crippen molar-refractivity contribution in [3.63, 3.8) is 0 Å². The van der Waals surface area contributed by atoms with Crippen LogP contribution >= 0.6 is 0 Å². The van der Waals surface area contributed by atoms with Gasteiger partial charge >= 0.3 is 0 Å². The Balaban J connectivity index is 2.11. The molecule has 3 N–H and O–H groups in total. The fraction of sp³-hybridized carbons (Fsp3) is 0.250. The van der Waals surface area contributed by atoms with Crippen molar-refractivity contribution in [1.29, 1.82) is 0 Å². The summed E-state index contributed by atoms with van der Waals surface area (Å²) in [6.45, 7) is 2.01. The van der Waals surface area contributed by atoms with E-state index >= 15 is 0 Å². The number of nitrogens with one attached hydrogen (secondary N) is 1. The summed E-state index contributed by atoms with van der Waals surface area (Å²) in [5.41, 5.74) is 9.83. The minimum absolute atomic E-state index is 0.246. The van der Waals surface area contributed by atoms with Crippen LogP contribution in [0.15, 0.2) is 24.3 Å². The lowest BCUT2D eigenvalue weighted by Gasteiger charge is -2.07. The monoisotopic (exact) mass is 232 g/mol. The minimum Gasteiger partial charge on any atom is -0.325 e. The third-order valence-corrected chi connectivity index (χ3v) is 3.03. The standard InChI is InChI=1S/C12H13FN4/c13-8-1-3-9(4-2-8)17-12(5-14)10-6-15-7-11(10)16-17/h1-4,15H,5-7,14H2. The van der Waals surface area contributed by atoms with Crippen LogP contribution in [0.25, 0.3) is 5.69 Å². The fourth-order valence-corrected chi connectivity index (χ4v) is 2.19. The fourth-order valence-electron chi connectivity index (χ4n) is 2.19. The molecule has 0 saturated heterocycles. The van der Waals surface area contributed by atoms with Crippen LogP contribution in [0.4, 0.5) is 4.39 Å². The van der Waals surface area contributed by atoms with Crippen LogP contribution in [0.2, 0.25) is 0 Å². The quantitative estimate of drug-likeness (QED) is 0.814. The Morgan fingerprint density at radius 2 is 2.06 bits per heavy atom. The Labute approximate surface area is 98.2 Å². The lowest BCUT2D eigenvalue weighted by molar-refractivity contribution is 0.626. The van der Waals surface area contributed by atoms with E-state index in [2.05, 4.69) is 10.4 Å². The number of halogens is 1. The van der Waals surface area contributed by atoms with Crippen LogP contribution in [0, 0.1) is 5.82 Å². The number of benzene rings is 1. The maximum absolute atomic E-state index is 12.9. The largest absolute Gasteiger partial charge is 0.325 e. The first kappa shape index (κ1) is 10.4. The third-order valence-electron chi connectivity index (χ3n) is 3.03. The molecule has 0 fully saturated rings. The molecule has 88 valence electrons. The molecule has 2 heterocycles. The molecule has 0 aliphatic carbocycles. The normalized spacial score (nSPS) is 14.0. The molecule has 0 unspecified atom stereocenters. The Bertz CT molecular complexity index is 544. The molecule has 4 nitrogen and oxygen atoms in total. The number of rotatable bonds is 2. The van der Waals surface area contributed by atoms with Crippen molar-refractivity contribution in [3.8, 4) is 5.69 Å². The average Bonchev–Trinajstić information content (AvgIpc) is 2.89. The summed E-state index contributed by atoms with van der Waals surface area (Å²) in [7, 11) is 0. The van der Waals surface area contributed by atoms with E-state index in [4.69, 9.17) is 5.73 Å². The van der Waals surface area contributed by atoms with E-state index in [1.807, 2.05) is 4.68 Å². The van der Waals surface area contributed by atoms with Gasteiger partial charge in [0.1, 0.15) is 5.82 Å². The van der Waals surface area contributed by atoms with Gasteiger partial charge in [0.15, 0.2) is 0 Å². The number of hydrogen-bond donors (Lipinski definition) is 2. The Hall–Kier alpha value is -1.72. The highest BCUT2D eigenvalue weighted by Gasteiger charge is 2.21. The van der Waals surface area contributed by atoms with Crippen LogP contribution in [-0.2, 0) is 19.6 Å². The smallest absolute Gasteiger partial charge is 0.123 e. The first-order valence-corrected chi connectivity index (χ1v) is 5.56. The highest BCUT2D eigenvalue weighted by atomic mass is 19.1. The highest BCUT2D eigenvalue weighted by Crippen LogP contribution is 2.22. The molecule has 17 heavy (non-hydrogen) atoms. The Morgan fingerprint density at radius 3 is 2.76 bits per heavy atom. The van der Waals surface area contributed by atoms with E-state index in [0.29, 0.717) is 6.54 Å². The van der Waals surface area contributed by atoms with E-state index in [-0.39, 0.29) is 5.82 Å². The van der Waals surface area contributed by atoms with Crippen molar-refractivity contribution in [3.05, 3.63) is 47.0 Å². The predicted octanol–water partition coefficient (Wildman–Crippen LogP) is 1.07. The zero-order valence-electron chi connectivity index (χ0n) is 9.28. The van der Waals surface area contributed by atoms with Crippen molar-refractivity contribution in [2.24, 2.45) is 5.73 Å². The first-order valence-electron chi connectivity index (χ1n) is 5.56. The van der Waals surface area contributed by atoms with Crippen molar-refractivity contribution in [2.75, 3.05) is 0 Å². The summed E-state index contributed by atoms with van der Waals surface area (Å²) in [4.78, 5) is 0. The van der Waals surface area contributed by atoms with E-state index in [1.54, 1.807) is 12.1 Å². The second-order valence-electron chi connectivity index (χ2n) is 4.07. The van der Waals surface area contributed by atoms with Gasteiger partial charge in [-0.2, -0.15) is 5.10 Å². The molecule has 0 saturated carbocycles. The summed E-state index contributed by atoms with van der Waals surface area (Å²) in [5, 5.41) is 7.75. The third kappa shape index (κ3) is 1.64. The average molecular weight is 232 g/mol. The summed E-state index contributed by atoms with van der Waals surface area (Å²) in [6.07, 6.45) is 0. The van der Waals surface area contributed by atoms with Crippen LogP contribution < -0.4 is 11.1 Å². The number of nitrogens with two attached hydrogens (primary N) is 1. The SMILES string of the molecule is NCc1c2c(nn1-c1ccc(F)cc1)CNC2. The number of nitrogens with zero attached hydrogens (tertiary/aromatic N) is 2. The molecule has 5 heteroatoms. The van der Waals surface area contributed by atoms with Crippen LogP contribution in [0.1, 0.15) is 17.0 Å². The van der Waals surface area contributed by atoms with Crippen LogP contribution in [0.5, 0.6) is 0 Å². The van der Waals surface area contributed by atoms with Gasteiger partial charge in [-0.05, 0) is 24.3 Å². The number of hydrogen-bond acceptors (Lipinski definition) is 3. The van der Waals surface area contributed by atoms with Crippen molar-refractivity contribution >= 4 is 0 Å². The van der Waals surface area contributed by atoms with Gasteiger partial charge in [-0.1, -0.05) is 0 Å². The topological polar surface area (TPSA) is 55.9 Å². The van der Waals surface area contributed by atoms with E-state index in [0.717, 1.165) is 30.2 Å². The molecule has 0 radical (unpaired) electrons. The second kappa shape index (κ2) is 3.94. The predicted molar refractivity (Wildman–Crippen MR) is 62.0 cm³/mol. The molecule has 1 aliphatic rings. The van der Waals surface area contributed by atoms with Gasteiger partial charge in [0.05, 0.1) is 17.1 Å². The van der Waals surface area contributed by atoms with Gasteiger partial charge in [0, 0.05) is 25.2 Å². The van der Waals surface area contributed by atoms with Gasteiger partial charge in [0.25, 0.3) is 0 Å². The van der Waals surface area contributed by atoms with Gasteiger partial charge in [-0.25, -0.2) is 9.07 Å². The van der Waals surface area contributed by atoms with Crippen molar-refractivity contribution in [1.82, 2.24) is 15.1 Å². The molecule has 1 aliphatic heterocycles. The number of fused-ring (bicyclic) bond motifs is 1. The van der Waals surface area contributed by atoms with E-state index in [9.17, 15) is 4.39 Å². The van der Waals surface area contributed by atoms with Crippen LogP contribution in [0.3, 0.4) is 0 Å². The zero-order chi connectivity index (χ0) is 11.8. The van der Waals surface area contributed by atoms with Gasteiger partial charge in [0.2, 0.25) is 0 Å². The van der Waals surface area contributed by atoms with Gasteiger partial charge in [-0.3, -0.25) is 0 Å². The van der Waals surface area contributed by atoms with Crippen LogP contribution in [-0.4, -0.2) is 9.78 Å². The maximum Gasteiger partial charge on any atom is 0.123 e. The molecule has 3 rings (SSSR count). The van der Waals surface area contributed by atoms with Crippen molar-refractivity contribution in [2.45, 2.75) is 19.6 Å². The molecule has 0 atom stereocenters. The van der Waals surface area contributed by atoms with Gasteiger partial charge < -0.3 is 11.1 Å². The molecule has 0 bridgehead atoms. The minimum atomic E-state index is -0.246. The molecule has 0 spiro atoms. The van der Waals surface area contributed by atoms with Gasteiger partial charge in [-0.15, -0.1) is 0 Å². The highest BCUT2D eigenvalue weighted by molar-refractivity contribution is 5.39. The maximum atomic E-state index is 12.9.